The van der Waals surface area contributed by atoms with Crippen LogP contribution in [0.2, 0.25) is 0 Å². The van der Waals surface area contributed by atoms with Gasteiger partial charge in [0, 0.05) is 37.0 Å². The zero-order valence-electron chi connectivity index (χ0n) is 13.5. The van der Waals surface area contributed by atoms with Crippen LogP contribution in [-0.2, 0) is 11.3 Å². The highest BCUT2D eigenvalue weighted by molar-refractivity contribution is 5.99. The van der Waals surface area contributed by atoms with Gasteiger partial charge in [-0.1, -0.05) is 30.3 Å². The van der Waals surface area contributed by atoms with E-state index in [2.05, 4.69) is 29.4 Å². The minimum Gasteiger partial charge on any atom is -0.383 e. The number of fused-ring (bicyclic) bond motifs is 1. The Balaban J connectivity index is 1.80. The molecule has 1 atom stereocenters. The maximum absolute atomic E-state index is 12.4. The minimum atomic E-state index is 0.0508. The molecule has 0 fully saturated rings. The maximum atomic E-state index is 12.4. The first-order valence-corrected chi connectivity index (χ1v) is 7.78. The molecule has 0 radical (unpaired) electrons. The fourth-order valence-electron chi connectivity index (χ4n) is 2.82. The number of hydrogen-bond donors (Lipinski definition) is 1. The lowest BCUT2D eigenvalue weighted by molar-refractivity contribution is 0.0719. The van der Waals surface area contributed by atoms with E-state index in [1.807, 2.05) is 18.2 Å². The van der Waals surface area contributed by atoms with E-state index in [-0.39, 0.29) is 11.9 Å². The summed E-state index contributed by atoms with van der Waals surface area (Å²) in [6.07, 6.45) is 1.69. The lowest BCUT2D eigenvalue weighted by atomic mass is 10.1. The molecule has 5 heteroatoms. The number of benzene rings is 1. The van der Waals surface area contributed by atoms with E-state index in [9.17, 15) is 4.79 Å². The van der Waals surface area contributed by atoms with Gasteiger partial charge in [0.05, 0.1) is 13.2 Å². The van der Waals surface area contributed by atoms with Gasteiger partial charge in [0.25, 0.3) is 5.91 Å². The average molecular weight is 311 g/mol. The van der Waals surface area contributed by atoms with Crippen LogP contribution in [-0.4, -0.2) is 36.1 Å². The molecule has 0 saturated heterocycles. The molecule has 1 aromatic carbocycles. The van der Waals surface area contributed by atoms with Crippen LogP contribution in [0.4, 0.5) is 5.82 Å². The number of anilines is 1. The highest BCUT2D eigenvalue weighted by Gasteiger charge is 2.29. The first kappa shape index (κ1) is 15.5. The van der Waals surface area contributed by atoms with Gasteiger partial charge in [-0.05, 0) is 18.6 Å². The molecule has 1 aromatic heterocycles. The van der Waals surface area contributed by atoms with Gasteiger partial charge in [0.1, 0.15) is 5.82 Å². The van der Waals surface area contributed by atoms with Crippen molar-refractivity contribution >= 4 is 11.7 Å². The summed E-state index contributed by atoms with van der Waals surface area (Å²) < 4.78 is 5.08. The van der Waals surface area contributed by atoms with Crippen LogP contribution in [0.5, 0.6) is 0 Å². The minimum absolute atomic E-state index is 0.0508. The van der Waals surface area contributed by atoms with Gasteiger partial charge in [0.2, 0.25) is 0 Å². The Bertz CT molecular complexity index is 688. The van der Waals surface area contributed by atoms with Crippen molar-refractivity contribution < 1.29 is 9.53 Å². The SMILES string of the molecule is COCCN1Cc2c(ccnc2NC(C)c2ccccc2)C1=O. The third-order valence-electron chi connectivity index (χ3n) is 4.14. The van der Waals surface area contributed by atoms with Crippen LogP contribution in [0.3, 0.4) is 0 Å². The number of aromatic nitrogens is 1. The summed E-state index contributed by atoms with van der Waals surface area (Å²) in [5.41, 5.74) is 2.89. The number of amides is 1. The number of rotatable bonds is 6. The van der Waals surface area contributed by atoms with E-state index < -0.39 is 0 Å². The second-order valence-corrected chi connectivity index (χ2v) is 5.68. The van der Waals surface area contributed by atoms with E-state index in [1.165, 1.54) is 5.56 Å². The van der Waals surface area contributed by atoms with Crippen molar-refractivity contribution in [3.8, 4) is 0 Å². The van der Waals surface area contributed by atoms with Crippen LogP contribution in [0, 0.1) is 0 Å². The van der Waals surface area contributed by atoms with Gasteiger partial charge in [0.15, 0.2) is 0 Å². The molecule has 1 aliphatic heterocycles. The second kappa shape index (κ2) is 6.79. The van der Waals surface area contributed by atoms with Crippen LogP contribution in [0.1, 0.15) is 34.5 Å². The number of hydrogen-bond acceptors (Lipinski definition) is 4. The Morgan fingerprint density at radius 1 is 1.30 bits per heavy atom. The van der Waals surface area contributed by atoms with E-state index in [0.29, 0.717) is 19.7 Å². The Labute approximate surface area is 136 Å². The lowest BCUT2D eigenvalue weighted by Crippen LogP contribution is -2.27. The first-order valence-electron chi connectivity index (χ1n) is 7.78. The first-order chi connectivity index (χ1) is 11.2. The standard InChI is InChI=1S/C18H21N3O2/c1-13(14-6-4-3-5-7-14)20-17-16-12-21(10-11-23-2)18(22)15(16)8-9-19-17/h3-9,13H,10-12H2,1-2H3,(H,19,20). The van der Waals surface area contributed by atoms with Crippen LogP contribution in [0.25, 0.3) is 0 Å². The summed E-state index contributed by atoms with van der Waals surface area (Å²) in [4.78, 5) is 18.7. The molecule has 23 heavy (non-hydrogen) atoms. The van der Waals surface area contributed by atoms with Gasteiger partial charge in [-0.25, -0.2) is 4.98 Å². The number of methoxy groups -OCH3 is 1. The predicted molar refractivity (Wildman–Crippen MR) is 89.3 cm³/mol. The van der Waals surface area contributed by atoms with Gasteiger partial charge in [-0.2, -0.15) is 0 Å². The van der Waals surface area contributed by atoms with Crippen molar-refractivity contribution in [1.82, 2.24) is 9.88 Å². The van der Waals surface area contributed by atoms with Crippen LogP contribution < -0.4 is 5.32 Å². The average Bonchev–Trinajstić information content (AvgIpc) is 2.91. The molecule has 0 aliphatic carbocycles. The Hall–Kier alpha value is -2.40. The number of nitrogens with zero attached hydrogens (tertiary/aromatic N) is 2. The topological polar surface area (TPSA) is 54.5 Å². The lowest BCUT2D eigenvalue weighted by Gasteiger charge is -2.17. The van der Waals surface area contributed by atoms with E-state index >= 15 is 0 Å². The summed E-state index contributed by atoms with van der Waals surface area (Å²) in [7, 11) is 1.64. The molecule has 2 heterocycles. The van der Waals surface area contributed by atoms with Gasteiger partial charge >= 0.3 is 0 Å². The monoisotopic (exact) mass is 311 g/mol. The fraction of sp³-hybridized carbons (Fsp3) is 0.333. The van der Waals surface area contributed by atoms with Crippen molar-refractivity contribution in [3.63, 3.8) is 0 Å². The van der Waals surface area contributed by atoms with E-state index in [0.717, 1.165) is 16.9 Å². The second-order valence-electron chi connectivity index (χ2n) is 5.68. The molecular formula is C18H21N3O2. The van der Waals surface area contributed by atoms with Gasteiger partial charge in [-0.15, -0.1) is 0 Å². The molecule has 1 unspecified atom stereocenters. The Kier molecular flexibility index (Phi) is 4.57. The molecular weight excluding hydrogens is 290 g/mol. The summed E-state index contributed by atoms with van der Waals surface area (Å²) in [6.45, 7) is 3.80. The summed E-state index contributed by atoms with van der Waals surface area (Å²) in [5, 5.41) is 3.43. The van der Waals surface area contributed by atoms with Crippen molar-refractivity contribution in [3.05, 3.63) is 59.3 Å². The zero-order chi connectivity index (χ0) is 16.2. The molecule has 1 N–H and O–H groups in total. The number of ether oxygens (including phenoxy) is 1. The Morgan fingerprint density at radius 3 is 2.83 bits per heavy atom. The van der Waals surface area contributed by atoms with Crippen LogP contribution >= 0.6 is 0 Å². The van der Waals surface area contributed by atoms with Crippen molar-refractivity contribution in [1.29, 1.82) is 0 Å². The van der Waals surface area contributed by atoms with Crippen LogP contribution in [0.15, 0.2) is 42.6 Å². The highest BCUT2D eigenvalue weighted by atomic mass is 16.5. The molecule has 0 bridgehead atoms. The quantitative estimate of drug-likeness (QED) is 0.891. The maximum Gasteiger partial charge on any atom is 0.254 e. The molecule has 120 valence electrons. The normalized spacial score (nSPS) is 14.7. The molecule has 1 aliphatic rings. The molecule has 2 aromatic rings. The molecule has 5 nitrogen and oxygen atoms in total. The summed E-state index contributed by atoms with van der Waals surface area (Å²) in [5.74, 6) is 0.835. The smallest absolute Gasteiger partial charge is 0.254 e. The van der Waals surface area contributed by atoms with Crippen molar-refractivity contribution in [2.75, 3.05) is 25.6 Å². The highest BCUT2D eigenvalue weighted by Crippen LogP contribution is 2.29. The number of carbonyl (C=O) groups excluding carboxylic acids is 1. The van der Waals surface area contributed by atoms with Gasteiger partial charge < -0.3 is 15.0 Å². The third kappa shape index (κ3) is 3.19. The predicted octanol–water partition coefficient (Wildman–Crippen LogP) is 2.86. The largest absolute Gasteiger partial charge is 0.383 e. The number of carbonyl (C=O) groups is 1. The van der Waals surface area contributed by atoms with Crippen molar-refractivity contribution in [2.24, 2.45) is 0 Å². The third-order valence-corrected chi connectivity index (χ3v) is 4.14. The zero-order valence-corrected chi connectivity index (χ0v) is 13.5. The van der Waals surface area contributed by atoms with E-state index in [1.54, 1.807) is 24.3 Å². The Morgan fingerprint density at radius 2 is 2.09 bits per heavy atom. The summed E-state index contributed by atoms with van der Waals surface area (Å²) >= 11 is 0. The van der Waals surface area contributed by atoms with Gasteiger partial charge in [-0.3, -0.25) is 4.79 Å². The van der Waals surface area contributed by atoms with Crippen molar-refractivity contribution in [2.45, 2.75) is 19.5 Å². The fourth-order valence-corrected chi connectivity index (χ4v) is 2.82. The summed E-state index contributed by atoms with van der Waals surface area (Å²) in [6, 6.07) is 12.1. The molecule has 0 saturated carbocycles. The molecule has 0 spiro atoms. The molecule has 3 rings (SSSR count). The molecule has 1 amide bonds. The number of nitrogens with one attached hydrogen (secondary N) is 1. The number of pyridine rings is 1. The van der Waals surface area contributed by atoms with E-state index in [4.69, 9.17) is 4.74 Å².